The molecule has 3 heteroatoms. The molecule has 0 N–H and O–H groups in total. The molecule has 1 saturated heterocycles. The lowest BCUT2D eigenvalue weighted by molar-refractivity contribution is 0.437. The van der Waals surface area contributed by atoms with E-state index in [4.69, 9.17) is 0 Å². The summed E-state index contributed by atoms with van der Waals surface area (Å²) in [5, 5.41) is 0. The van der Waals surface area contributed by atoms with Crippen LogP contribution in [-0.4, -0.2) is 8.80 Å². The zero-order valence-corrected chi connectivity index (χ0v) is 21.4. The SMILES string of the molecule is CC/C=C/CC[SiH]1CCC(CCc2ccc(-c3ccc(-c4ccc(F)c(F)c4)cc3)cc2)CC1. The summed E-state index contributed by atoms with van der Waals surface area (Å²) in [7, 11) is -0.463. The molecule has 4 rings (SSSR count). The van der Waals surface area contributed by atoms with E-state index in [9.17, 15) is 8.78 Å². The van der Waals surface area contributed by atoms with E-state index in [1.165, 1.54) is 67.8 Å². The molecule has 0 aromatic heterocycles. The number of allylic oxidation sites excluding steroid dienone is 2. The molecule has 0 atom stereocenters. The molecule has 178 valence electrons. The van der Waals surface area contributed by atoms with E-state index in [0.717, 1.165) is 17.0 Å². The maximum absolute atomic E-state index is 13.5. The summed E-state index contributed by atoms with van der Waals surface area (Å²) >= 11 is 0. The molecule has 0 unspecified atom stereocenters. The van der Waals surface area contributed by atoms with Gasteiger partial charge >= 0.3 is 0 Å². The number of halogens is 2. The molecule has 1 heterocycles. The van der Waals surface area contributed by atoms with Gasteiger partial charge in [0.15, 0.2) is 11.6 Å². The Bertz CT molecular complexity index is 1060. The first-order valence-electron chi connectivity index (χ1n) is 12.9. The Hall–Kier alpha value is -2.52. The fraction of sp³-hybridized carbons (Fsp3) is 0.355. The van der Waals surface area contributed by atoms with Crippen molar-refractivity contribution in [3.63, 3.8) is 0 Å². The average Bonchev–Trinajstić information content (AvgIpc) is 2.88. The van der Waals surface area contributed by atoms with Gasteiger partial charge in [-0.1, -0.05) is 105 Å². The van der Waals surface area contributed by atoms with E-state index in [1.54, 1.807) is 18.2 Å². The van der Waals surface area contributed by atoms with Crippen molar-refractivity contribution >= 4 is 8.80 Å². The van der Waals surface area contributed by atoms with Gasteiger partial charge in [-0.2, -0.15) is 0 Å². The summed E-state index contributed by atoms with van der Waals surface area (Å²) in [5.74, 6) is -0.712. The van der Waals surface area contributed by atoms with Gasteiger partial charge in [0.2, 0.25) is 0 Å². The smallest absolute Gasteiger partial charge is 0.159 e. The highest BCUT2D eigenvalue weighted by Crippen LogP contribution is 2.31. The Kier molecular flexibility index (Phi) is 8.87. The fourth-order valence-corrected chi connectivity index (χ4v) is 8.61. The highest BCUT2D eigenvalue weighted by molar-refractivity contribution is 6.59. The second-order valence-electron chi connectivity index (χ2n) is 9.79. The van der Waals surface area contributed by atoms with Crippen LogP contribution in [0.1, 0.15) is 44.6 Å². The summed E-state index contributed by atoms with van der Waals surface area (Å²) in [5.41, 5.74) is 5.31. The summed E-state index contributed by atoms with van der Waals surface area (Å²) in [6.07, 6.45) is 12.6. The van der Waals surface area contributed by atoms with Crippen molar-refractivity contribution in [3.05, 3.63) is 96.1 Å². The van der Waals surface area contributed by atoms with Crippen LogP contribution in [0.25, 0.3) is 22.3 Å². The Balaban J connectivity index is 1.26. The van der Waals surface area contributed by atoms with Gasteiger partial charge in [0, 0.05) is 8.80 Å². The standard InChI is InChI=1S/C31H36F2Si/c1-2-3-4-5-20-34-21-18-25(19-22-34)7-6-24-8-10-26(11-9-24)27-12-14-28(15-13-27)29-16-17-30(32)31(33)23-29/h3-4,8-17,23,25,34H,2,5-7,18-22H2,1H3/b4-3+. The molecular weight excluding hydrogens is 438 g/mol. The van der Waals surface area contributed by atoms with Gasteiger partial charge in [0.05, 0.1) is 0 Å². The maximum atomic E-state index is 13.5. The average molecular weight is 475 g/mol. The van der Waals surface area contributed by atoms with Crippen molar-refractivity contribution in [1.82, 2.24) is 0 Å². The molecule has 0 saturated carbocycles. The van der Waals surface area contributed by atoms with Crippen LogP contribution in [0.2, 0.25) is 18.1 Å². The molecule has 0 nitrogen and oxygen atoms in total. The second-order valence-corrected chi connectivity index (χ2v) is 13.2. The van der Waals surface area contributed by atoms with E-state index in [0.29, 0.717) is 5.56 Å². The van der Waals surface area contributed by atoms with Gasteiger partial charge < -0.3 is 0 Å². The van der Waals surface area contributed by atoms with Crippen molar-refractivity contribution in [2.24, 2.45) is 5.92 Å². The second kappa shape index (κ2) is 12.3. The van der Waals surface area contributed by atoms with Gasteiger partial charge in [-0.05, 0) is 71.6 Å². The number of benzene rings is 3. The van der Waals surface area contributed by atoms with Gasteiger partial charge in [-0.3, -0.25) is 0 Å². The topological polar surface area (TPSA) is 0 Å². The molecule has 1 aliphatic heterocycles. The number of rotatable bonds is 9. The monoisotopic (exact) mass is 474 g/mol. The Morgan fingerprint density at radius 1 is 0.765 bits per heavy atom. The minimum absolute atomic E-state index is 0.463. The molecule has 34 heavy (non-hydrogen) atoms. The maximum Gasteiger partial charge on any atom is 0.159 e. The Morgan fingerprint density at radius 2 is 1.35 bits per heavy atom. The molecule has 3 aromatic rings. The molecule has 0 spiro atoms. The molecule has 0 radical (unpaired) electrons. The minimum atomic E-state index is -0.814. The molecule has 1 fully saturated rings. The summed E-state index contributed by atoms with van der Waals surface area (Å²) in [6, 6.07) is 25.6. The van der Waals surface area contributed by atoms with Crippen molar-refractivity contribution < 1.29 is 8.78 Å². The third kappa shape index (κ3) is 6.76. The highest BCUT2D eigenvalue weighted by atomic mass is 28.3. The van der Waals surface area contributed by atoms with Gasteiger partial charge in [0.25, 0.3) is 0 Å². The third-order valence-electron chi connectivity index (χ3n) is 7.38. The van der Waals surface area contributed by atoms with Crippen LogP contribution < -0.4 is 0 Å². The first-order valence-corrected chi connectivity index (χ1v) is 15.4. The summed E-state index contributed by atoms with van der Waals surface area (Å²) < 4.78 is 26.7. The molecular formula is C31H36F2Si. The minimum Gasteiger partial charge on any atom is -0.204 e. The molecule has 0 amide bonds. The Labute approximate surface area is 205 Å². The van der Waals surface area contributed by atoms with E-state index >= 15 is 0 Å². The Morgan fingerprint density at radius 3 is 1.97 bits per heavy atom. The zero-order chi connectivity index (χ0) is 23.8. The van der Waals surface area contributed by atoms with Crippen LogP contribution in [-0.2, 0) is 6.42 Å². The predicted molar refractivity (Wildman–Crippen MR) is 144 cm³/mol. The van der Waals surface area contributed by atoms with Crippen LogP contribution in [0.4, 0.5) is 8.78 Å². The third-order valence-corrected chi connectivity index (χ3v) is 10.8. The van der Waals surface area contributed by atoms with Crippen molar-refractivity contribution in [2.75, 3.05) is 0 Å². The quantitative estimate of drug-likeness (QED) is 0.214. The van der Waals surface area contributed by atoms with Gasteiger partial charge in [0.1, 0.15) is 0 Å². The lowest BCUT2D eigenvalue weighted by atomic mass is 9.93. The lowest BCUT2D eigenvalue weighted by Crippen LogP contribution is -2.21. The lowest BCUT2D eigenvalue weighted by Gasteiger charge is -2.27. The van der Waals surface area contributed by atoms with Crippen LogP contribution in [0.3, 0.4) is 0 Å². The van der Waals surface area contributed by atoms with Crippen molar-refractivity contribution in [2.45, 2.75) is 63.6 Å². The van der Waals surface area contributed by atoms with E-state index in [1.807, 2.05) is 24.3 Å². The highest BCUT2D eigenvalue weighted by Gasteiger charge is 2.21. The number of hydrogen-bond acceptors (Lipinski definition) is 0. The normalized spacial score (nSPS) is 18.4. The first kappa shape index (κ1) is 24.6. The van der Waals surface area contributed by atoms with Crippen LogP contribution in [0.15, 0.2) is 78.9 Å². The number of aryl methyl sites for hydroxylation is 1. The predicted octanol–water partition coefficient (Wildman–Crippen LogP) is 9.22. The van der Waals surface area contributed by atoms with Crippen molar-refractivity contribution in [3.8, 4) is 22.3 Å². The van der Waals surface area contributed by atoms with Crippen LogP contribution in [0, 0.1) is 17.6 Å². The largest absolute Gasteiger partial charge is 0.204 e. The first-order chi connectivity index (χ1) is 16.6. The summed E-state index contributed by atoms with van der Waals surface area (Å²) in [4.78, 5) is 0. The van der Waals surface area contributed by atoms with Gasteiger partial charge in [-0.25, -0.2) is 8.78 Å². The van der Waals surface area contributed by atoms with Crippen LogP contribution >= 0.6 is 0 Å². The van der Waals surface area contributed by atoms with Crippen LogP contribution in [0.5, 0.6) is 0 Å². The van der Waals surface area contributed by atoms with E-state index in [-0.39, 0.29) is 0 Å². The van der Waals surface area contributed by atoms with E-state index in [2.05, 4.69) is 43.3 Å². The molecule has 0 aliphatic carbocycles. The molecule has 0 bridgehead atoms. The van der Waals surface area contributed by atoms with Crippen molar-refractivity contribution in [1.29, 1.82) is 0 Å². The summed E-state index contributed by atoms with van der Waals surface area (Å²) in [6.45, 7) is 2.21. The fourth-order valence-electron chi connectivity index (χ4n) is 5.19. The number of hydrogen-bond donors (Lipinski definition) is 0. The van der Waals surface area contributed by atoms with Gasteiger partial charge in [-0.15, -0.1) is 0 Å². The molecule has 1 aliphatic rings. The van der Waals surface area contributed by atoms with E-state index < -0.39 is 20.4 Å². The zero-order valence-electron chi connectivity index (χ0n) is 20.3. The molecule has 3 aromatic carbocycles.